The van der Waals surface area contributed by atoms with Crippen LogP contribution in [0.5, 0.6) is 0 Å². The Labute approximate surface area is 111 Å². The van der Waals surface area contributed by atoms with Crippen LogP contribution >= 0.6 is 11.8 Å². The summed E-state index contributed by atoms with van der Waals surface area (Å²) >= 11 is 1.70. The van der Waals surface area contributed by atoms with E-state index in [0.717, 1.165) is 15.9 Å². The van der Waals surface area contributed by atoms with Crippen LogP contribution in [0.1, 0.15) is 11.1 Å². The summed E-state index contributed by atoms with van der Waals surface area (Å²) in [5, 5.41) is 9.68. The molecule has 1 aliphatic heterocycles. The fourth-order valence-electron chi connectivity index (χ4n) is 2.00. The number of aryl methyl sites for hydroxylation is 1. The van der Waals surface area contributed by atoms with Gasteiger partial charge in [-0.3, -0.25) is 0 Å². The highest BCUT2D eigenvalue weighted by Gasteiger charge is 2.27. The van der Waals surface area contributed by atoms with Gasteiger partial charge in [-0.2, -0.15) is 0 Å². The third kappa shape index (κ3) is 2.32. The Morgan fingerprint density at radius 2 is 1.83 bits per heavy atom. The average molecular weight is 256 g/mol. The highest BCUT2D eigenvalue weighted by atomic mass is 32.2. The monoisotopic (exact) mass is 256 g/mol. The quantitative estimate of drug-likeness (QED) is 0.836. The van der Waals surface area contributed by atoms with Crippen molar-refractivity contribution in [1.82, 2.24) is 0 Å². The van der Waals surface area contributed by atoms with E-state index < -0.39 is 7.12 Å². The molecule has 0 fully saturated rings. The van der Waals surface area contributed by atoms with Crippen molar-refractivity contribution < 1.29 is 9.68 Å². The lowest BCUT2D eigenvalue weighted by Crippen LogP contribution is -2.27. The zero-order valence-electron chi connectivity index (χ0n) is 10.1. The minimum atomic E-state index is -0.765. The van der Waals surface area contributed by atoms with E-state index in [9.17, 15) is 5.02 Å². The molecule has 0 saturated carbocycles. The van der Waals surface area contributed by atoms with Crippen LogP contribution in [-0.4, -0.2) is 12.1 Å². The molecular formula is C14H13BO2S. The second kappa shape index (κ2) is 4.80. The molecule has 1 aliphatic rings. The van der Waals surface area contributed by atoms with Gasteiger partial charge in [-0.25, -0.2) is 0 Å². The van der Waals surface area contributed by atoms with E-state index in [-0.39, 0.29) is 0 Å². The highest BCUT2D eigenvalue weighted by Crippen LogP contribution is 2.28. The van der Waals surface area contributed by atoms with Crippen molar-refractivity contribution in [3.63, 3.8) is 0 Å². The lowest BCUT2D eigenvalue weighted by atomic mass is 9.80. The second-order valence-corrected chi connectivity index (χ2v) is 5.59. The largest absolute Gasteiger partial charge is 0.491 e. The first kappa shape index (κ1) is 11.8. The molecule has 2 aromatic rings. The maximum Gasteiger partial charge on any atom is 0.491 e. The molecule has 90 valence electrons. The fraction of sp³-hybridized carbons (Fsp3) is 0.143. The van der Waals surface area contributed by atoms with Gasteiger partial charge < -0.3 is 9.68 Å². The zero-order chi connectivity index (χ0) is 12.5. The van der Waals surface area contributed by atoms with E-state index in [1.165, 1.54) is 10.5 Å². The van der Waals surface area contributed by atoms with Crippen molar-refractivity contribution in [2.24, 2.45) is 0 Å². The minimum Gasteiger partial charge on any atom is -0.423 e. The van der Waals surface area contributed by atoms with Crippen molar-refractivity contribution >= 4 is 24.3 Å². The maximum atomic E-state index is 9.68. The van der Waals surface area contributed by atoms with Crippen LogP contribution in [0.15, 0.2) is 52.3 Å². The summed E-state index contributed by atoms with van der Waals surface area (Å²) in [7, 11) is -0.765. The van der Waals surface area contributed by atoms with E-state index in [1.54, 1.807) is 11.8 Å². The molecule has 1 heterocycles. The van der Waals surface area contributed by atoms with Crippen LogP contribution < -0.4 is 5.46 Å². The predicted octanol–water partition coefficient (Wildman–Crippen LogP) is 2.36. The molecule has 0 atom stereocenters. The normalized spacial score (nSPS) is 13.8. The number of rotatable bonds is 2. The van der Waals surface area contributed by atoms with Gasteiger partial charge >= 0.3 is 7.12 Å². The number of hydrogen-bond acceptors (Lipinski definition) is 3. The first-order valence-corrected chi connectivity index (χ1v) is 6.71. The van der Waals surface area contributed by atoms with Crippen LogP contribution in [-0.2, 0) is 11.3 Å². The molecular weight excluding hydrogens is 243 g/mol. The van der Waals surface area contributed by atoms with Gasteiger partial charge in [0.25, 0.3) is 0 Å². The van der Waals surface area contributed by atoms with Crippen molar-refractivity contribution in [3.8, 4) is 0 Å². The Kier molecular flexibility index (Phi) is 3.16. The van der Waals surface area contributed by atoms with Crippen LogP contribution in [0.4, 0.5) is 0 Å². The maximum absolute atomic E-state index is 9.68. The van der Waals surface area contributed by atoms with Gasteiger partial charge in [0.2, 0.25) is 0 Å². The molecule has 0 unspecified atom stereocenters. The summed E-state index contributed by atoms with van der Waals surface area (Å²) in [4.78, 5) is 2.33. The van der Waals surface area contributed by atoms with E-state index in [1.807, 2.05) is 12.1 Å². The average Bonchev–Trinajstić information content (AvgIpc) is 2.74. The molecule has 0 amide bonds. The molecule has 4 heteroatoms. The summed E-state index contributed by atoms with van der Waals surface area (Å²) in [6.45, 7) is 2.59. The van der Waals surface area contributed by atoms with E-state index in [2.05, 4.69) is 37.3 Å². The third-order valence-electron chi connectivity index (χ3n) is 3.04. The van der Waals surface area contributed by atoms with E-state index >= 15 is 0 Å². The van der Waals surface area contributed by atoms with E-state index in [4.69, 9.17) is 4.65 Å². The molecule has 0 spiro atoms. The number of benzene rings is 2. The van der Waals surface area contributed by atoms with Crippen LogP contribution in [0.25, 0.3) is 0 Å². The smallest absolute Gasteiger partial charge is 0.423 e. The molecule has 1 N–H and O–H groups in total. The van der Waals surface area contributed by atoms with Crippen molar-refractivity contribution in [2.45, 2.75) is 23.3 Å². The van der Waals surface area contributed by atoms with Crippen LogP contribution in [0.3, 0.4) is 0 Å². The van der Waals surface area contributed by atoms with Crippen molar-refractivity contribution in [3.05, 3.63) is 53.6 Å². The Morgan fingerprint density at radius 3 is 2.61 bits per heavy atom. The molecule has 3 rings (SSSR count). The summed E-state index contributed by atoms with van der Waals surface area (Å²) < 4.78 is 5.19. The SMILES string of the molecule is Cc1ccc(Sc2ccc3c(c2)B(O)OC3)cc1. The first-order chi connectivity index (χ1) is 8.72. The zero-order valence-corrected chi connectivity index (χ0v) is 10.9. The standard InChI is InChI=1S/C14H13BO2S/c1-10-2-5-12(6-3-10)18-13-7-4-11-9-17-15(16)14(11)8-13/h2-8,16H,9H2,1H3. The summed E-state index contributed by atoms with van der Waals surface area (Å²) in [5.41, 5.74) is 3.24. The van der Waals surface area contributed by atoms with Crippen molar-refractivity contribution in [2.75, 3.05) is 0 Å². The highest BCUT2D eigenvalue weighted by molar-refractivity contribution is 7.99. The van der Waals surface area contributed by atoms with Gasteiger partial charge in [-0.15, -0.1) is 0 Å². The fourth-order valence-corrected chi connectivity index (χ4v) is 2.87. The molecule has 0 radical (unpaired) electrons. The molecule has 18 heavy (non-hydrogen) atoms. The molecule has 0 aromatic heterocycles. The lowest BCUT2D eigenvalue weighted by molar-refractivity contribution is 0.275. The Balaban J connectivity index is 1.85. The van der Waals surface area contributed by atoms with Crippen molar-refractivity contribution in [1.29, 1.82) is 0 Å². The van der Waals surface area contributed by atoms with Crippen LogP contribution in [0, 0.1) is 6.92 Å². The van der Waals surface area contributed by atoms with Gasteiger partial charge in [0, 0.05) is 9.79 Å². The predicted molar refractivity (Wildman–Crippen MR) is 74.1 cm³/mol. The number of fused-ring (bicyclic) bond motifs is 1. The van der Waals surface area contributed by atoms with Gasteiger partial charge in [-0.1, -0.05) is 35.5 Å². The summed E-state index contributed by atoms with van der Waals surface area (Å²) in [6, 6.07) is 14.5. The lowest BCUT2D eigenvalue weighted by Gasteiger charge is -2.05. The van der Waals surface area contributed by atoms with E-state index in [0.29, 0.717) is 6.61 Å². The topological polar surface area (TPSA) is 29.5 Å². The third-order valence-corrected chi connectivity index (χ3v) is 4.03. The minimum absolute atomic E-state index is 0.506. The second-order valence-electron chi connectivity index (χ2n) is 4.44. The first-order valence-electron chi connectivity index (χ1n) is 5.89. The van der Waals surface area contributed by atoms with Gasteiger partial charge in [0.1, 0.15) is 0 Å². The summed E-state index contributed by atoms with van der Waals surface area (Å²) in [5.74, 6) is 0. The van der Waals surface area contributed by atoms with Crippen LogP contribution in [0.2, 0.25) is 0 Å². The Hall–Kier alpha value is -1.23. The Morgan fingerprint density at radius 1 is 1.11 bits per heavy atom. The summed E-state index contributed by atoms with van der Waals surface area (Å²) in [6.07, 6.45) is 0. The molecule has 0 aliphatic carbocycles. The van der Waals surface area contributed by atoms with Gasteiger partial charge in [0.05, 0.1) is 6.61 Å². The van der Waals surface area contributed by atoms with Gasteiger partial charge in [0.15, 0.2) is 0 Å². The molecule has 0 saturated heterocycles. The Bertz CT molecular complexity index is 569. The van der Waals surface area contributed by atoms with Gasteiger partial charge in [-0.05, 0) is 42.2 Å². The molecule has 2 aromatic carbocycles. The number of hydrogen-bond donors (Lipinski definition) is 1. The molecule has 0 bridgehead atoms. The molecule has 2 nitrogen and oxygen atoms in total.